The number of rotatable bonds is 3. The maximum atomic E-state index is 12.8. The number of aromatic nitrogens is 4. The summed E-state index contributed by atoms with van der Waals surface area (Å²) in [5.74, 6) is 2.00. The Bertz CT molecular complexity index is 783. The maximum Gasteiger partial charge on any atom is 0.433 e. The fraction of sp³-hybridized carbons (Fsp3) is 0.556. The minimum absolute atomic E-state index is 0.300. The van der Waals surface area contributed by atoms with Gasteiger partial charge in [-0.15, -0.1) is 10.2 Å². The maximum absolute atomic E-state index is 12.8. The van der Waals surface area contributed by atoms with Gasteiger partial charge in [-0.3, -0.25) is 0 Å². The molecule has 0 aliphatic carbocycles. The Morgan fingerprint density at radius 3 is 1.75 bits per heavy atom. The van der Waals surface area contributed by atoms with Crippen LogP contribution in [0.3, 0.4) is 0 Å². The molecule has 0 saturated carbocycles. The van der Waals surface area contributed by atoms with Gasteiger partial charge in [-0.25, -0.2) is 9.97 Å². The monoisotopic (exact) mass is 393 g/mol. The summed E-state index contributed by atoms with van der Waals surface area (Å²) in [5, 5.41) is 8.73. The molecule has 0 N–H and O–H groups in total. The lowest BCUT2D eigenvalue weighted by Crippen LogP contribution is -2.47. The second kappa shape index (κ2) is 7.76. The van der Waals surface area contributed by atoms with Crippen molar-refractivity contribution < 1.29 is 13.2 Å². The number of hydrogen-bond donors (Lipinski definition) is 0. The van der Waals surface area contributed by atoms with Gasteiger partial charge in [0.1, 0.15) is 17.8 Å². The number of halogens is 3. The SMILES string of the molecule is FC(F)(F)c1cc(N2CCN(c3ccc(N4CCCCC4)nn3)CC2)ncn1. The summed E-state index contributed by atoms with van der Waals surface area (Å²) < 4.78 is 38.5. The molecule has 0 radical (unpaired) electrons. The van der Waals surface area contributed by atoms with E-state index in [1.165, 1.54) is 19.3 Å². The normalized spacial score (nSPS) is 18.5. The van der Waals surface area contributed by atoms with Gasteiger partial charge >= 0.3 is 6.18 Å². The second-order valence-corrected chi connectivity index (χ2v) is 7.03. The molecule has 150 valence electrons. The van der Waals surface area contributed by atoms with Crippen LogP contribution in [-0.2, 0) is 6.18 Å². The highest BCUT2D eigenvalue weighted by Gasteiger charge is 2.33. The zero-order valence-corrected chi connectivity index (χ0v) is 15.4. The first kappa shape index (κ1) is 18.7. The third-order valence-electron chi connectivity index (χ3n) is 5.19. The van der Waals surface area contributed by atoms with Gasteiger partial charge in [-0.2, -0.15) is 13.2 Å². The van der Waals surface area contributed by atoms with Crippen molar-refractivity contribution in [3.05, 3.63) is 30.2 Å². The van der Waals surface area contributed by atoms with E-state index in [1.54, 1.807) is 0 Å². The summed E-state index contributed by atoms with van der Waals surface area (Å²) >= 11 is 0. The fourth-order valence-corrected chi connectivity index (χ4v) is 3.62. The Morgan fingerprint density at radius 1 is 0.679 bits per heavy atom. The highest BCUT2D eigenvalue weighted by atomic mass is 19.4. The Labute approximate surface area is 161 Å². The molecule has 10 heteroatoms. The number of piperazine rings is 1. The topological polar surface area (TPSA) is 61.3 Å². The number of anilines is 3. The molecule has 0 aromatic carbocycles. The van der Waals surface area contributed by atoms with E-state index in [4.69, 9.17) is 0 Å². The van der Waals surface area contributed by atoms with E-state index in [-0.39, 0.29) is 0 Å². The van der Waals surface area contributed by atoms with Crippen LogP contribution in [0.5, 0.6) is 0 Å². The molecule has 4 rings (SSSR count). The number of piperidine rings is 1. The fourth-order valence-electron chi connectivity index (χ4n) is 3.62. The predicted octanol–water partition coefficient (Wildman–Crippen LogP) is 2.60. The molecule has 2 fully saturated rings. The van der Waals surface area contributed by atoms with Crippen LogP contribution in [-0.4, -0.2) is 59.4 Å². The first-order valence-corrected chi connectivity index (χ1v) is 9.48. The molecule has 2 aliphatic rings. The minimum atomic E-state index is -4.47. The van der Waals surface area contributed by atoms with Crippen molar-refractivity contribution in [2.45, 2.75) is 25.4 Å². The molecule has 28 heavy (non-hydrogen) atoms. The molecule has 2 aromatic heterocycles. The largest absolute Gasteiger partial charge is 0.433 e. The highest BCUT2D eigenvalue weighted by Crippen LogP contribution is 2.29. The van der Waals surface area contributed by atoms with Gasteiger partial charge in [0.05, 0.1) is 0 Å². The van der Waals surface area contributed by atoms with Crippen molar-refractivity contribution in [1.29, 1.82) is 0 Å². The summed E-state index contributed by atoms with van der Waals surface area (Å²) in [6, 6.07) is 4.97. The average molecular weight is 393 g/mol. The number of nitrogens with zero attached hydrogens (tertiary/aromatic N) is 7. The Hall–Kier alpha value is -2.65. The summed E-state index contributed by atoms with van der Waals surface area (Å²) in [7, 11) is 0. The van der Waals surface area contributed by atoms with Gasteiger partial charge in [0.2, 0.25) is 0 Å². The van der Waals surface area contributed by atoms with Gasteiger partial charge in [0, 0.05) is 45.3 Å². The summed E-state index contributed by atoms with van der Waals surface area (Å²) in [5.41, 5.74) is -0.918. The third kappa shape index (κ3) is 4.10. The first-order valence-electron chi connectivity index (χ1n) is 9.48. The smallest absolute Gasteiger partial charge is 0.355 e. The molecule has 2 aliphatic heterocycles. The molecular weight excluding hydrogens is 371 g/mol. The molecular formula is C18H22F3N7. The van der Waals surface area contributed by atoms with Crippen LogP contribution in [0.25, 0.3) is 0 Å². The van der Waals surface area contributed by atoms with Crippen molar-refractivity contribution >= 4 is 17.5 Å². The van der Waals surface area contributed by atoms with E-state index < -0.39 is 11.9 Å². The van der Waals surface area contributed by atoms with E-state index in [1.807, 2.05) is 17.0 Å². The van der Waals surface area contributed by atoms with Crippen molar-refractivity contribution in [3.63, 3.8) is 0 Å². The molecule has 0 unspecified atom stereocenters. The first-order chi connectivity index (χ1) is 13.5. The quantitative estimate of drug-likeness (QED) is 0.794. The average Bonchev–Trinajstić information content (AvgIpc) is 2.74. The van der Waals surface area contributed by atoms with Gasteiger partial charge < -0.3 is 14.7 Å². The third-order valence-corrected chi connectivity index (χ3v) is 5.19. The molecule has 0 bridgehead atoms. The lowest BCUT2D eigenvalue weighted by molar-refractivity contribution is -0.141. The zero-order chi connectivity index (χ0) is 19.6. The Morgan fingerprint density at radius 2 is 1.21 bits per heavy atom. The predicted molar refractivity (Wildman–Crippen MR) is 99.6 cm³/mol. The molecule has 2 aromatic rings. The molecule has 0 atom stereocenters. The lowest BCUT2D eigenvalue weighted by Gasteiger charge is -2.36. The molecule has 0 spiro atoms. The second-order valence-electron chi connectivity index (χ2n) is 7.03. The van der Waals surface area contributed by atoms with Gasteiger partial charge in [0.25, 0.3) is 0 Å². The molecule has 0 amide bonds. The summed E-state index contributed by atoms with van der Waals surface area (Å²) in [4.78, 5) is 13.5. The summed E-state index contributed by atoms with van der Waals surface area (Å²) in [6.07, 6.45) is 0.137. The van der Waals surface area contributed by atoms with Gasteiger partial charge in [0.15, 0.2) is 11.6 Å². The lowest BCUT2D eigenvalue weighted by atomic mass is 10.1. The standard InChI is InChI=1S/C18H22F3N7/c19-18(20,21)14-12-17(23-13-22-14)28-10-8-27(9-11-28)16-5-4-15(24-25-16)26-6-2-1-3-7-26/h4-5,12-13H,1-3,6-11H2. The van der Waals surface area contributed by atoms with Crippen LogP contribution in [0.1, 0.15) is 25.0 Å². The van der Waals surface area contributed by atoms with E-state index in [2.05, 4.69) is 30.0 Å². The molecule has 7 nitrogen and oxygen atoms in total. The van der Waals surface area contributed by atoms with Crippen LogP contribution >= 0.6 is 0 Å². The van der Waals surface area contributed by atoms with E-state index in [0.29, 0.717) is 32.0 Å². The van der Waals surface area contributed by atoms with Crippen LogP contribution in [0.4, 0.5) is 30.6 Å². The number of hydrogen-bond acceptors (Lipinski definition) is 7. The van der Waals surface area contributed by atoms with Gasteiger partial charge in [-0.1, -0.05) is 0 Å². The van der Waals surface area contributed by atoms with Crippen molar-refractivity contribution in [2.24, 2.45) is 0 Å². The van der Waals surface area contributed by atoms with Crippen LogP contribution in [0.2, 0.25) is 0 Å². The Balaban J connectivity index is 1.37. The molecule has 4 heterocycles. The summed E-state index contributed by atoms with van der Waals surface area (Å²) in [6.45, 7) is 4.44. The number of alkyl halides is 3. The van der Waals surface area contributed by atoms with Crippen molar-refractivity contribution in [3.8, 4) is 0 Å². The molecule has 2 saturated heterocycles. The van der Waals surface area contributed by atoms with E-state index in [0.717, 1.165) is 37.1 Å². The van der Waals surface area contributed by atoms with Gasteiger partial charge in [-0.05, 0) is 31.4 Å². The minimum Gasteiger partial charge on any atom is -0.355 e. The van der Waals surface area contributed by atoms with E-state index in [9.17, 15) is 13.2 Å². The highest BCUT2D eigenvalue weighted by molar-refractivity contribution is 5.48. The van der Waals surface area contributed by atoms with Crippen LogP contribution in [0.15, 0.2) is 24.5 Å². The van der Waals surface area contributed by atoms with Crippen LogP contribution in [0, 0.1) is 0 Å². The van der Waals surface area contributed by atoms with Crippen molar-refractivity contribution in [2.75, 3.05) is 54.0 Å². The van der Waals surface area contributed by atoms with Crippen LogP contribution < -0.4 is 14.7 Å². The Kier molecular flexibility index (Phi) is 5.19. The van der Waals surface area contributed by atoms with Crippen molar-refractivity contribution in [1.82, 2.24) is 20.2 Å². The van der Waals surface area contributed by atoms with E-state index >= 15 is 0 Å². The zero-order valence-electron chi connectivity index (χ0n) is 15.4.